The van der Waals surface area contributed by atoms with E-state index in [0.29, 0.717) is 24.6 Å². The molecule has 0 radical (unpaired) electrons. The predicted octanol–water partition coefficient (Wildman–Crippen LogP) is 3.33. The van der Waals surface area contributed by atoms with E-state index in [2.05, 4.69) is 48.4 Å². The van der Waals surface area contributed by atoms with Crippen LogP contribution >= 0.6 is 11.3 Å². The van der Waals surface area contributed by atoms with E-state index in [0.717, 1.165) is 17.0 Å². The summed E-state index contributed by atoms with van der Waals surface area (Å²) in [5.74, 6) is 0.508. The van der Waals surface area contributed by atoms with Gasteiger partial charge in [-0.05, 0) is 36.9 Å². The van der Waals surface area contributed by atoms with Crippen LogP contribution in [-0.2, 0) is 12.8 Å². The van der Waals surface area contributed by atoms with Crippen molar-refractivity contribution in [2.45, 2.75) is 39.7 Å². The molecule has 2 rings (SSSR count). The molecular formula is C18H25N3OS. The highest BCUT2D eigenvalue weighted by Gasteiger charge is 2.14. The van der Waals surface area contributed by atoms with Gasteiger partial charge in [-0.2, -0.15) is 0 Å². The Morgan fingerprint density at radius 1 is 1.26 bits per heavy atom. The zero-order valence-corrected chi connectivity index (χ0v) is 14.8. The van der Waals surface area contributed by atoms with E-state index in [1.54, 1.807) is 5.38 Å². The Bertz CT molecular complexity index is 634. The standard InChI is InChI=1S/C18H25N3OS/c1-12(2)10-14-4-6-15(7-5-14)13(3)20-18(22)16-11-23-17(21-16)8-9-19/h4-7,11-13H,8-10,19H2,1-3H3,(H,20,22). The van der Waals surface area contributed by atoms with E-state index < -0.39 is 0 Å². The second-order valence-corrected chi connectivity index (χ2v) is 7.14. The lowest BCUT2D eigenvalue weighted by atomic mass is 10.00. The maximum atomic E-state index is 12.3. The first-order valence-corrected chi connectivity index (χ1v) is 8.91. The number of thiazole rings is 1. The Morgan fingerprint density at radius 2 is 1.96 bits per heavy atom. The smallest absolute Gasteiger partial charge is 0.271 e. The molecule has 0 saturated carbocycles. The van der Waals surface area contributed by atoms with Gasteiger partial charge in [0.05, 0.1) is 11.0 Å². The normalized spacial score (nSPS) is 12.4. The van der Waals surface area contributed by atoms with Crippen molar-refractivity contribution >= 4 is 17.2 Å². The van der Waals surface area contributed by atoms with Crippen molar-refractivity contribution in [3.8, 4) is 0 Å². The summed E-state index contributed by atoms with van der Waals surface area (Å²) in [5, 5.41) is 5.70. The van der Waals surface area contributed by atoms with Crippen LogP contribution in [-0.4, -0.2) is 17.4 Å². The molecule has 0 saturated heterocycles. The van der Waals surface area contributed by atoms with Gasteiger partial charge in [0.1, 0.15) is 5.69 Å². The van der Waals surface area contributed by atoms with Gasteiger partial charge in [-0.1, -0.05) is 38.1 Å². The minimum absolute atomic E-state index is 0.0461. The number of carbonyl (C=O) groups is 1. The topological polar surface area (TPSA) is 68.0 Å². The summed E-state index contributed by atoms with van der Waals surface area (Å²) < 4.78 is 0. The van der Waals surface area contributed by atoms with Gasteiger partial charge in [0, 0.05) is 11.8 Å². The number of rotatable bonds is 7. The molecule has 3 N–H and O–H groups in total. The third-order valence-corrected chi connectivity index (χ3v) is 4.52. The van der Waals surface area contributed by atoms with E-state index >= 15 is 0 Å². The molecule has 0 bridgehead atoms. The van der Waals surface area contributed by atoms with Crippen molar-refractivity contribution < 1.29 is 4.79 Å². The average molecular weight is 331 g/mol. The highest BCUT2D eigenvalue weighted by atomic mass is 32.1. The number of nitrogens with two attached hydrogens (primary N) is 1. The molecule has 1 atom stereocenters. The largest absolute Gasteiger partial charge is 0.344 e. The molecule has 0 spiro atoms. The molecule has 1 unspecified atom stereocenters. The number of nitrogens with zero attached hydrogens (tertiary/aromatic N) is 1. The number of amides is 1. The van der Waals surface area contributed by atoms with Gasteiger partial charge in [-0.15, -0.1) is 11.3 Å². The molecule has 23 heavy (non-hydrogen) atoms. The lowest BCUT2D eigenvalue weighted by Crippen LogP contribution is -2.27. The summed E-state index contributed by atoms with van der Waals surface area (Å²) in [4.78, 5) is 16.6. The van der Waals surface area contributed by atoms with Crippen LogP contribution in [0.3, 0.4) is 0 Å². The first-order chi connectivity index (χ1) is 11.0. The lowest BCUT2D eigenvalue weighted by molar-refractivity contribution is 0.0935. The molecule has 124 valence electrons. The van der Waals surface area contributed by atoms with Crippen molar-refractivity contribution in [2.75, 3.05) is 6.54 Å². The van der Waals surface area contributed by atoms with Crippen LogP contribution in [0.2, 0.25) is 0 Å². The molecule has 1 amide bonds. The van der Waals surface area contributed by atoms with Gasteiger partial charge in [0.25, 0.3) is 5.91 Å². The minimum Gasteiger partial charge on any atom is -0.344 e. The summed E-state index contributed by atoms with van der Waals surface area (Å²) >= 11 is 1.48. The fraction of sp³-hybridized carbons (Fsp3) is 0.444. The van der Waals surface area contributed by atoms with Crippen molar-refractivity contribution in [1.29, 1.82) is 0 Å². The first-order valence-electron chi connectivity index (χ1n) is 8.03. The number of hydrogen-bond donors (Lipinski definition) is 2. The van der Waals surface area contributed by atoms with Crippen molar-refractivity contribution in [3.63, 3.8) is 0 Å². The van der Waals surface area contributed by atoms with Gasteiger partial charge in [0.15, 0.2) is 0 Å². The molecule has 0 aliphatic carbocycles. The highest BCUT2D eigenvalue weighted by molar-refractivity contribution is 7.09. The Hall–Kier alpha value is -1.72. The SMILES string of the molecule is CC(C)Cc1ccc(C(C)NC(=O)c2csc(CCN)n2)cc1. The Balaban J connectivity index is 1.97. The van der Waals surface area contributed by atoms with Crippen LogP contribution in [0.1, 0.15) is 53.4 Å². The fourth-order valence-electron chi connectivity index (χ4n) is 2.42. The third-order valence-electron chi connectivity index (χ3n) is 3.61. The second kappa shape index (κ2) is 8.22. The van der Waals surface area contributed by atoms with Crippen LogP contribution in [0, 0.1) is 5.92 Å². The van der Waals surface area contributed by atoms with Crippen molar-refractivity contribution in [1.82, 2.24) is 10.3 Å². The maximum Gasteiger partial charge on any atom is 0.271 e. The molecule has 5 heteroatoms. The number of hydrogen-bond acceptors (Lipinski definition) is 4. The monoisotopic (exact) mass is 331 g/mol. The molecule has 4 nitrogen and oxygen atoms in total. The molecule has 0 aliphatic rings. The minimum atomic E-state index is -0.136. The Labute approximate surface area is 142 Å². The number of carbonyl (C=O) groups excluding carboxylic acids is 1. The molecule has 1 aromatic heterocycles. The summed E-state index contributed by atoms with van der Waals surface area (Å²) in [6, 6.07) is 8.41. The summed E-state index contributed by atoms with van der Waals surface area (Å²) in [7, 11) is 0. The van der Waals surface area contributed by atoms with E-state index in [-0.39, 0.29) is 11.9 Å². The summed E-state index contributed by atoms with van der Waals surface area (Å²) in [6.07, 6.45) is 1.79. The summed E-state index contributed by atoms with van der Waals surface area (Å²) in [5.41, 5.74) is 8.41. The van der Waals surface area contributed by atoms with Crippen molar-refractivity contribution in [3.05, 3.63) is 51.5 Å². The number of benzene rings is 1. The zero-order valence-electron chi connectivity index (χ0n) is 14.0. The Kier molecular flexibility index (Phi) is 6.30. The zero-order chi connectivity index (χ0) is 16.8. The van der Waals surface area contributed by atoms with E-state index in [1.807, 2.05) is 6.92 Å². The molecule has 1 heterocycles. The van der Waals surface area contributed by atoms with Gasteiger partial charge < -0.3 is 11.1 Å². The molecule has 0 aliphatic heterocycles. The Morgan fingerprint density at radius 3 is 2.57 bits per heavy atom. The van der Waals surface area contributed by atoms with Gasteiger partial charge in [-0.25, -0.2) is 4.98 Å². The molecule has 0 fully saturated rings. The van der Waals surface area contributed by atoms with Gasteiger partial charge in [0.2, 0.25) is 0 Å². The second-order valence-electron chi connectivity index (χ2n) is 6.20. The average Bonchev–Trinajstić information content (AvgIpc) is 2.96. The van der Waals surface area contributed by atoms with Crippen LogP contribution in [0.25, 0.3) is 0 Å². The highest BCUT2D eigenvalue weighted by Crippen LogP contribution is 2.17. The quantitative estimate of drug-likeness (QED) is 0.817. The fourth-order valence-corrected chi connectivity index (χ4v) is 3.22. The third kappa shape index (κ3) is 5.15. The van der Waals surface area contributed by atoms with Crippen molar-refractivity contribution in [2.24, 2.45) is 11.7 Å². The van der Waals surface area contributed by atoms with Crippen LogP contribution in [0.15, 0.2) is 29.6 Å². The predicted molar refractivity (Wildman–Crippen MR) is 95.7 cm³/mol. The van der Waals surface area contributed by atoms with Gasteiger partial charge >= 0.3 is 0 Å². The first kappa shape index (κ1) is 17.6. The van der Waals surface area contributed by atoms with E-state index in [4.69, 9.17) is 5.73 Å². The van der Waals surface area contributed by atoms with E-state index in [1.165, 1.54) is 16.9 Å². The molecular weight excluding hydrogens is 306 g/mol. The number of aromatic nitrogens is 1. The molecule has 2 aromatic rings. The number of nitrogens with one attached hydrogen (secondary N) is 1. The van der Waals surface area contributed by atoms with Crippen LogP contribution in [0.4, 0.5) is 0 Å². The van der Waals surface area contributed by atoms with Crippen LogP contribution < -0.4 is 11.1 Å². The maximum absolute atomic E-state index is 12.3. The van der Waals surface area contributed by atoms with Gasteiger partial charge in [-0.3, -0.25) is 4.79 Å². The lowest BCUT2D eigenvalue weighted by Gasteiger charge is -2.14. The van der Waals surface area contributed by atoms with Crippen LogP contribution in [0.5, 0.6) is 0 Å². The molecule has 1 aromatic carbocycles. The summed E-state index contributed by atoms with van der Waals surface area (Å²) in [6.45, 7) is 6.96. The van der Waals surface area contributed by atoms with E-state index in [9.17, 15) is 4.79 Å².